The molecule has 6 heteroatoms. The second kappa shape index (κ2) is 15.2. The zero-order chi connectivity index (χ0) is 23.9. The van der Waals surface area contributed by atoms with Crippen LogP contribution in [0.5, 0.6) is 0 Å². The Balaban J connectivity index is 1.68. The topological polar surface area (TPSA) is 70.6 Å². The summed E-state index contributed by atoms with van der Waals surface area (Å²) in [5.74, 6) is -0.252. The van der Waals surface area contributed by atoms with E-state index in [9.17, 15) is 9.59 Å². The third-order valence-corrected chi connectivity index (χ3v) is 5.77. The van der Waals surface area contributed by atoms with Gasteiger partial charge in [-0.05, 0) is 55.3 Å². The average molecular weight is 470 g/mol. The van der Waals surface area contributed by atoms with Gasteiger partial charge in [-0.2, -0.15) is 5.10 Å². The first-order valence-electron chi connectivity index (χ1n) is 12.0. The number of benzene rings is 2. The lowest BCUT2D eigenvalue weighted by molar-refractivity contribution is -0.121. The molecule has 0 bridgehead atoms. The average Bonchev–Trinajstić information content (AvgIpc) is 2.82. The van der Waals surface area contributed by atoms with Crippen molar-refractivity contribution in [3.05, 3.63) is 64.7 Å². The predicted molar refractivity (Wildman–Crippen MR) is 138 cm³/mol. The number of halogens is 1. The van der Waals surface area contributed by atoms with Crippen LogP contribution in [0.25, 0.3) is 0 Å². The number of nitrogens with zero attached hydrogens (tertiary/aromatic N) is 1. The van der Waals surface area contributed by atoms with Gasteiger partial charge in [0.25, 0.3) is 5.91 Å². The summed E-state index contributed by atoms with van der Waals surface area (Å²) in [6, 6.07) is 14.1. The van der Waals surface area contributed by atoms with E-state index in [1.54, 1.807) is 24.3 Å². The molecule has 2 aromatic carbocycles. The summed E-state index contributed by atoms with van der Waals surface area (Å²) in [4.78, 5) is 24.3. The predicted octanol–water partition coefficient (Wildman–Crippen LogP) is 7.35. The maximum absolute atomic E-state index is 12.3. The number of hydrogen-bond donors (Lipinski definition) is 2. The van der Waals surface area contributed by atoms with E-state index in [4.69, 9.17) is 11.6 Å². The molecule has 2 aromatic rings. The summed E-state index contributed by atoms with van der Waals surface area (Å²) in [7, 11) is 0. The first kappa shape index (κ1) is 26.6. The lowest BCUT2D eigenvalue weighted by Crippen LogP contribution is -2.18. The zero-order valence-electron chi connectivity index (χ0n) is 19.8. The third-order valence-electron chi connectivity index (χ3n) is 5.52. The van der Waals surface area contributed by atoms with Crippen LogP contribution in [-0.2, 0) is 4.79 Å². The lowest BCUT2D eigenvalue weighted by atomic mass is 10.1. The molecule has 0 aliphatic rings. The molecule has 2 rings (SSSR count). The smallest absolute Gasteiger partial charge is 0.255 e. The highest BCUT2D eigenvalue weighted by atomic mass is 35.5. The van der Waals surface area contributed by atoms with Crippen LogP contribution in [0.1, 0.15) is 94.0 Å². The summed E-state index contributed by atoms with van der Waals surface area (Å²) < 4.78 is 0. The number of carbonyl (C=O) groups is 2. The third kappa shape index (κ3) is 10.7. The number of hydrogen-bond acceptors (Lipinski definition) is 3. The van der Waals surface area contributed by atoms with Gasteiger partial charge in [-0.15, -0.1) is 0 Å². The standard InChI is InChI=1S/C27H36ClN3O2/c1-3-4-5-6-7-8-9-10-11-12-26(32)31-30-21(2)22-15-19-25(20-16-22)29-27(33)23-13-17-24(28)18-14-23/h13-20H,3-12H2,1-2H3,(H,29,33)(H,31,32)/b30-21+. The van der Waals surface area contributed by atoms with Crippen LogP contribution in [0, 0.1) is 0 Å². The van der Waals surface area contributed by atoms with Crippen molar-refractivity contribution in [1.82, 2.24) is 5.43 Å². The van der Waals surface area contributed by atoms with Crippen LogP contribution < -0.4 is 10.7 Å². The van der Waals surface area contributed by atoms with E-state index in [-0.39, 0.29) is 11.8 Å². The summed E-state index contributed by atoms with van der Waals surface area (Å²) in [6.45, 7) is 4.08. The molecular formula is C27H36ClN3O2. The van der Waals surface area contributed by atoms with Crippen molar-refractivity contribution in [2.75, 3.05) is 5.32 Å². The van der Waals surface area contributed by atoms with E-state index >= 15 is 0 Å². The van der Waals surface area contributed by atoms with Gasteiger partial charge in [0.15, 0.2) is 0 Å². The number of nitrogens with one attached hydrogen (secondary N) is 2. The molecule has 0 heterocycles. The Morgan fingerprint density at radius 2 is 1.33 bits per heavy atom. The Labute approximate surface area is 203 Å². The molecule has 0 atom stereocenters. The largest absolute Gasteiger partial charge is 0.322 e. The SMILES string of the molecule is CCCCCCCCCCCC(=O)N/N=C(\C)c1ccc(NC(=O)c2ccc(Cl)cc2)cc1. The number of anilines is 1. The van der Waals surface area contributed by atoms with E-state index in [1.165, 1.54) is 44.9 Å². The Kier molecular flexibility index (Phi) is 12.3. The van der Waals surface area contributed by atoms with Crippen molar-refractivity contribution in [3.8, 4) is 0 Å². The minimum atomic E-state index is -0.200. The fourth-order valence-electron chi connectivity index (χ4n) is 3.46. The van der Waals surface area contributed by atoms with Gasteiger partial charge in [-0.1, -0.05) is 82.0 Å². The molecule has 0 fully saturated rings. The second-order valence-corrected chi connectivity index (χ2v) is 8.79. The molecule has 33 heavy (non-hydrogen) atoms. The number of rotatable bonds is 14. The molecule has 0 unspecified atom stereocenters. The van der Waals surface area contributed by atoms with Gasteiger partial charge in [0, 0.05) is 22.7 Å². The molecule has 0 aliphatic carbocycles. The Morgan fingerprint density at radius 1 is 0.788 bits per heavy atom. The Morgan fingerprint density at radius 3 is 1.94 bits per heavy atom. The Hall–Kier alpha value is -2.66. The Bertz CT molecular complexity index is 893. The fourth-order valence-corrected chi connectivity index (χ4v) is 3.59. The van der Waals surface area contributed by atoms with Crippen LogP contribution in [0.3, 0.4) is 0 Å². The van der Waals surface area contributed by atoms with Crippen LogP contribution in [0.2, 0.25) is 5.02 Å². The van der Waals surface area contributed by atoms with E-state index < -0.39 is 0 Å². The highest BCUT2D eigenvalue weighted by Crippen LogP contribution is 2.14. The summed E-state index contributed by atoms with van der Waals surface area (Å²) in [5.41, 5.74) is 5.46. The molecule has 0 aliphatic heterocycles. The highest BCUT2D eigenvalue weighted by molar-refractivity contribution is 6.30. The highest BCUT2D eigenvalue weighted by Gasteiger charge is 2.07. The first-order valence-corrected chi connectivity index (χ1v) is 12.4. The van der Waals surface area contributed by atoms with Crippen molar-refractivity contribution >= 4 is 34.8 Å². The quantitative estimate of drug-likeness (QED) is 0.172. The summed E-state index contributed by atoms with van der Waals surface area (Å²) in [5, 5.41) is 7.66. The molecule has 0 saturated heterocycles. The van der Waals surface area contributed by atoms with Gasteiger partial charge >= 0.3 is 0 Å². The minimum absolute atomic E-state index is 0.0517. The van der Waals surface area contributed by atoms with Crippen LogP contribution in [-0.4, -0.2) is 17.5 Å². The maximum atomic E-state index is 12.3. The zero-order valence-corrected chi connectivity index (χ0v) is 20.6. The molecule has 0 aromatic heterocycles. The van der Waals surface area contributed by atoms with Crippen LogP contribution in [0.4, 0.5) is 5.69 Å². The van der Waals surface area contributed by atoms with Gasteiger partial charge < -0.3 is 5.32 Å². The molecule has 2 amide bonds. The molecule has 5 nitrogen and oxygen atoms in total. The minimum Gasteiger partial charge on any atom is -0.322 e. The normalized spacial score (nSPS) is 11.3. The van der Waals surface area contributed by atoms with Crippen molar-refractivity contribution in [2.45, 2.75) is 78.1 Å². The molecular weight excluding hydrogens is 434 g/mol. The molecule has 0 radical (unpaired) electrons. The number of hydrazone groups is 1. The van der Waals surface area contributed by atoms with Crippen molar-refractivity contribution in [1.29, 1.82) is 0 Å². The molecule has 178 valence electrons. The summed E-state index contributed by atoms with van der Waals surface area (Å²) >= 11 is 5.86. The summed E-state index contributed by atoms with van der Waals surface area (Å²) in [6.07, 6.45) is 11.6. The van der Waals surface area contributed by atoms with Gasteiger partial charge in [0.05, 0.1) is 5.71 Å². The van der Waals surface area contributed by atoms with E-state index in [2.05, 4.69) is 22.8 Å². The maximum Gasteiger partial charge on any atom is 0.255 e. The number of amides is 2. The van der Waals surface area contributed by atoms with Crippen LogP contribution >= 0.6 is 11.6 Å². The van der Waals surface area contributed by atoms with Gasteiger partial charge in [0.2, 0.25) is 5.91 Å². The van der Waals surface area contributed by atoms with E-state index in [1.807, 2.05) is 31.2 Å². The van der Waals surface area contributed by atoms with Gasteiger partial charge in [0.1, 0.15) is 0 Å². The van der Waals surface area contributed by atoms with Crippen molar-refractivity contribution in [2.24, 2.45) is 5.10 Å². The van der Waals surface area contributed by atoms with Crippen molar-refractivity contribution < 1.29 is 9.59 Å². The lowest BCUT2D eigenvalue weighted by Gasteiger charge is -2.07. The molecule has 0 spiro atoms. The fraction of sp³-hybridized carbons (Fsp3) is 0.444. The van der Waals surface area contributed by atoms with E-state index in [0.717, 1.165) is 18.4 Å². The van der Waals surface area contributed by atoms with E-state index in [0.29, 0.717) is 28.4 Å². The number of carbonyl (C=O) groups excluding carboxylic acids is 2. The first-order chi connectivity index (χ1) is 16.0. The van der Waals surface area contributed by atoms with Gasteiger partial charge in [-0.3, -0.25) is 9.59 Å². The van der Waals surface area contributed by atoms with Gasteiger partial charge in [-0.25, -0.2) is 5.43 Å². The van der Waals surface area contributed by atoms with Crippen molar-refractivity contribution in [3.63, 3.8) is 0 Å². The molecule has 2 N–H and O–H groups in total. The molecule has 0 saturated carbocycles. The second-order valence-electron chi connectivity index (χ2n) is 8.35. The monoisotopic (exact) mass is 469 g/mol. The van der Waals surface area contributed by atoms with Crippen LogP contribution in [0.15, 0.2) is 53.6 Å². The number of unbranched alkanes of at least 4 members (excludes halogenated alkanes) is 8.